The van der Waals surface area contributed by atoms with Crippen LogP contribution in [0.3, 0.4) is 0 Å². The van der Waals surface area contributed by atoms with Crippen LogP contribution in [0.2, 0.25) is 5.02 Å². The van der Waals surface area contributed by atoms with E-state index in [-0.39, 0.29) is 12.2 Å². The van der Waals surface area contributed by atoms with Crippen molar-refractivity contribution in [2.75, 3.05) is 18.5 Å². The minimum atomic E-state index is 0.0303. The third-order valence-corrected chi connectivity index (χ3v) is 3.18. The van der Waals surface area contributed by atoms with Crippen LogP contribution < -0.4 is 0 Å². The minimum absolute atomic E-state index is 0.0303. The standard InChI is InChI=1S/C13H18BrClO2/c1-3-16-9-10(2)17-13(8-14)11-4-6-12(15)7-5-11/h4-7,10,13H,3,8-9H2,1-2H3. The first-order valence-corrected chi connectivity index (χ1v) is 7.22. The Bertz CT molecular complexity index is 316. The van der Waals surface area contributed by atoms with Crippen LogP contribution in [0.4, 0.5) is 0 Å². The highest BCUT2D eigenvalue weighted by Crippen LogP contribution is 2.23. The molecule has 0 heterocycles. The molecule has 1 aromatic rings. The Hall–Kier alpha value is -0.0900. The maximum atomic E-state index is 5.91. The SMILES string of the molecule is CCOCC(C)OC(CBr)c1ccc(Cl)cc1. The molecule has 2 nitrogen and oxygen atoms in total. The summed E-state index contributed by atoms with van der Waals surface area (Å²) in [5, 5.41) is 1.50. The quantitative estimate of drug-likeness (QED) is 0.700. The lowest BCUT2D eigenvalue weighted by Crippen LogP contribution is -2.20. The Morgan fingerprint density at radius 2 is 1.94 bits per heavy atom. The maximum absolute atomic E-state index is 5.91. The van der Waals surface area contributed by atoms with Crippen molar-refractivity contribution in [2.24, 2.45) is 0 Å². The monoisotopic (exact) mass is 320 g/mol. The van der Waals surface area contributed by atoms with Crippen LogP contribution in [-0.4, -0.2) is 24.6 Å². The van der Waals surface area contributed by atoms with E-state index in [1.54, 1.807) is 0 Å². The Morgan fingerprint density at radius 3 is 2.47 bits per heavy atom. The second-order valence-corrected chi connectivity index (χ2v) is 4.88. The smallest absolute Gasteiger partial charge is 0.0926 e. The molecule has 0 saturated heterocycles. The molecule has 96 valence electrons. The van der Waals surface area contributed by atoms with E-state index in [0.717, 1.165) is 15.9 Å². The van der Waals surface area contributed by atoms with Gasteiger partial charge in [-0.25, -0.2) is 0 Å². The molecule has 0 aliphatic rings. The molecule has 2 atom stereocenters. The highest BCUT2D eigenvalue weighted by atomic mass is 79.9. The molecule has 0 bridgehead atoms. The van der Waals surface area contributed by atoms with Crippen molar-refractivity contribution in [3.05, 3.63) is 34.9 Å². The largest absolute Gasteiger partial charge is 0.379 e. The van der Waals surface area contributed by atoms with E-state index in [9.17, 15) is 0 Å². The van der Waals surface area contributed by atoms with Crippen LogP contribution in [0.1, 0.15) is 25.5 Å². The summed E-state index contributed by atoms with van der Waals surface area (Å²) in [6, 6.07) is 7.73. The van der Waals surface area contributed by atoms with E-state index in [2.05, 4.69) is 15.9 Å². The van der Waals surface area contributed by atoms with Gasteiger partial charge >= 0.3 is 0 Å². The number of alkyl halides is 1. The third kappa shape index (κ3) is 5.38. The van der Waals surface area contributed by atoms with Gasteiger partial charge in [-0.2, -0.15) is 0 Å². The van der Waals surface area contributed by atoms with Gasteiger partial charge in [0.2, 0.25) is 0 Å². The second kappa shape index (κ2) is 8.09. The molecular weight excluding hydrogens is 303 g/mol. The van der Waals surface area contributed by atoms with Crippen LogP contribution in [0, 0.1) is 0 Å². The molecule has 1 aromatic carbocycles. The minimum Gasteiger partial charge on any atom is -0.379 e. The van der Waals surface area contributed by atoms with Crippen LogP contribution in [0.15, 0.2) is 24.3 Å². The molecule has 0 N–H and O–H groups in total. The average molecular weight is 322 g/mol. The molecule has 2 unspecified atom stereocenters. The van der Waals surface area contributed by atoms with Gasteiger partial charge in [0.05, 0.1) is 18.8 Å². The number of halogens is 2. The zero-order valence-electron chi connectivity index (χ0n) is 10.2. The Balaban J connectivity index is 2.56. The van der Waals surface area contributed by atoms with Crippen LogP contribution in [0.5, 0.6) is 0 Å². The van der Waals surface area contributed by atoms with Gasteiger partial charge in [-0.1, -0.05) is 39.7 Å². The van der Waals surface area contributed by atoms with Crippen molar-refractivity contribution in [3.63, 3.8) is 0 Å². The Kier molecular flexibility index (Phi) is 7.12. The summed E-state index contributed by atoms with van der Waals surface area (Å²) in [5.41, 5.74) is 1.12. The number of benzene rings is 1. The first-order chi connectivity index (χ1) is 8.17. The second-order valence-electron chi connectivity index (χ2n) is 3.80. The van der Waals surface area contributed by atoms with E-state index in [4.69, 9.17) is 21.1 Å². The lowest BCUT2D eigenvalue weighted by molar-refractivity contribution is -0.0383. The summed E-state index contributed by atoms with van der Waals surface area (Å²) in [4.78, 5) is 0. The lowest BCUT2D eigenvalue weighted by Gasteiger charge is -2.21. The number of hydrogen-bond donors (Lipinski definition) is 0. The van der Waals surface area contributed by atoms with Crippen LogP contribution in [-0.2, 0) is 9.47 Å². The van der Waals surface area contributed by atoms with Gasteiger partial charge in [0.1, 0.15) is 0 Å². The molecule has 4 heteroatoms. The van der Waals surface area contributed by atoms with Gasteiger partial charge in [-0.3, -0.25) is 0 Å². The molecule has 0 saturated carbocycles. The van der Waals surface area contributed by atoms with Gasteiger partial charge in [0.15, 0.2) is 0 Å². The van der Waals surface area contributed by atoms with Gasteiger partial charge in [-0.15, -0.1) is 0 Å². The molecule has 17 heavy (non-hydrogen) atoms. The van der Waals surface area contributed by atoms with Crippen molar-refractivity contribution in [1.29, 1.82) is 0 Å². The lowest BCUT2D eigenvalue weighted by atomic mass is 10.1. The maximum Gasteiger partial charge on any atom is 0.0926 e. The predicted octanol–water partition coefficient (Wildman–Crippen LogP) is 4.22. The normalized spacial score (nSPS) is 14.6. The van der Waals surface area contributed by atoms with Crippen LogP contribution in [0.25, 0.3) is 0 Å². The van der Waals surface area contributed by atoms with Gasteiger partial charge in [0, 0.05) is 17.0 Å². The molecular formula is C13H18BrClO2. The number of rotatable bonds is 7. The first-order valence-electron chi connectivity index (χ1n) is 5.72. The summed E-state index contributed by atoms with van der Waals surface area (Å²) < 4.78 is 11.2. The Labute approximate surface area is 116 Å². The molecule has 0 aliphatic carbocycles. The summed E-state index contributed by atoms with van der Waals surface area (Å²) in [6.45, 7) is 5.33. The zero-order chi connectivity index (χ0) is 12.7. The van der Waals surface area contributed by atoms with E-state index in [1.165, 1.54) is 0 Å². The fourth-order valence-corrected chi connectivity index (χ4v) is 2.14. The zero-order valence-corrected chi connectivity index (χ0v) is 12.5. The van der Waals surface area contributed by atoms with Crippen molar-refractivity contribution >= 4 is 27.5 Å². The summed E-state index contributed by atoms with van der Waals surface area (Å²) in [6.07, 6.45) is 0.107. The van der Waals surface area contributed by atoms with E-state index in [0.29, 0.717) is 13.2 Å². The van der Waals surface area contributed by atoms with Gasteiger partial charge < -0.3 is 9.47 Å². The topological polar surface area (TPSA) is 18.5 Å². The third-order valence-electron chi connectivity index (χ3n) is 2.34. The molecule has 0 spiro atoms. The summed E-state index contributed by atoms with van der Waals surface area (Å²) in [5.74, 6) is 0. The summed E-state index contributed by atoms with van der Waals surface area (Å²) >= 11 is 9.33. The molecule has 0 amide bonds. The molecule has 1 rings (SSSR count). The number of hydrogen-bond acceptors (Lipinski definition) is 2. The predicted molar refractivity (Wildman–Crippen MR) is 75.0 cm³/mol. The van der Waals surface area contributed by atoms with Crippen molar-refractivity contribution < 1.29 is 9.47 Å². The molecule has 0 fully saturated rings. The Morgan fingerprint density at radius 1 is 1.29 bits per heavy atom. The summed E-state index contributed by atoms with van der Waals surface area (Å²) in [7, 11) is 0. The average Bonchev–Trinajstić information content (AvgIpc) is 2.34. The van der Waals surface area contributed by atoms with E-state index < -0.39 is 0 Å². The van der Waals surface area contributed by atoms with E-state index >= 15 is 0 Å². The van der Waals surface area contributed by atoms with Crippen molar-refractivity contribution in [3.8, 4) is 0 Å². The number of ether oxygens (including phenoxy) is 2. The van der Waals surface area contributed by atoms with Crippen molar-refractivity contribution in [2.45, 2.75) is 26.1 Å². The highest BCUT2D eigenvalue weighted by molar-refractivity contribution is 9.09. The first kappa shape index (κ1) is 15.0. The fraction of sp³-hybridized carbons (Fsp3) is 0.538. The van der Waals surface area contributed by atoms with Crippen molar-refractivity contribution in [1.82, 2.24) is 0 Å². The van der Waals surface area contributed by atoms with Crippen LogP contribution >= 0.6 is 27.5 Å². The molecule has 0 radical (unpaired) electrons. The van der Waals surface area contributed by atoms with Gasteiger partial charge in [-0.05, 0) is 31.5 Å². The van der Waals surface area contributed by atoms with E-state index in [1.807, 2.05) is 38.1 Å². The van der Waals surface area contributed by atoms with Gasteiger partial charge in [0.25, 0.3) is 0 Å². The highest BCUT2D eigenvalue weighted by Gasteiger charge is 2.14. The molecule has 0 aromatic heterocycles. The fourth-order valence-electron chi connectivity index (χ4n) is 1.48. The molecule has 0 aliphatic heterocycles.